The van der Waals surface area contributed by atoms with Crippen LogP contribution in [0.4, 0.5) is 0 Å². The van der Waals surface area contributed by atoms with Gasteiger partial charge in [0.25, 0.3) is 0 Å². The van der Waals surface area contributed by atoms with E-state index in [4.69, 9.17) is 9.73 Å². The molecule has 0 aliphatic rings. The number of nitrogens with one attached hydrogen (secondary N) is 1. The second-order valence-corrected chi connectivity index (χ2v) is 6.20. The normalized spacial score (nSPS) is 10.9. The maximum Gasteiger partial charge on any atom is 0.193 e. The first-order valence-electron chi connectivity index (χ1n) is 9.34. The van der Waals surface area contributed by atoms with E-state index >= 15 is 0 Å². The summed E-state index contributed by atoms with van der Waals surface area (Å²) in [7, 11) is 2.09. The largest absolute Gasteiger partial charge is 0.487 e. The second-order valence-electron chi connectivity index (χ2n) is 6.20. The third-order valence-electron chi connectivity index (χ3n) is 3.97. The van der Waals surface area contributed by atoms with Gasteiger partial charge in [0.15, 0.2) is 5.96 Å². The lowest BCUT2D eigenvalue weighted by atomic mass is 10.2. The van der Waals surface area contributed by atoms with Crippen molar-refractivity contribution in [1.29, 1.82) is 0 Å². The number of pyridine rings is 1. The number of hydrogen-bond donors (Lipinski definition) is 1. The van der Waals surface area contributed by atoms with Gasteiger partial charge >= 0.3 is 0 Å². The number of unbranched alkanes of at least 4 members (excludes halogenated alkanes) is 1. The molecule has 2 aromatic rings. The van der Waals surface area contributed by atoms with Crippen molar-refractivity contribution >= 4 is 29.9 Å². The maximum absolute atomic E-state index is 5.85. The highest BCUT2D eigenvalue weighted by molar-refractivity contribution is 14.0. The molecule has 0 amide bonds. The Labute approximate surface area is 180 Å². The fraction of sp³-hybridized carbons (Fsp3) is 0.429. The van der Waals surface area contributed by atoms with Crippen LogP contribution in [-0.4, -0.2) is 36.0 Å². The molecule has 5 nitrogen and oxygen atoms in total. The average Bonchev–Trinajstić information content (AvgIpc) is 2.69. The van der Waals surface area contributed by atoms with Gasteiger partial charge in [-0.15, -0.1) is 24.0 Å². The molecule has 0 spiro atoms. The number of aromatic nitrogens is 1. The van der Waals surface area contributed by atoms with Crippen molar-refractivity contribution < 1.29 is 4.74 Å². The van der Waals surface area contributed by atoms with Crippen molar-refractivity contribution in [2.45, 2.75) is 39.8 Å². The van der Waals surface area contributed by atoms with Crippen LogP contribution in [0, 0.1) is 0 Å². The molecule has 0 aliphatic heterocycles. The molecule has 0 bridgehead atoms. The van der Waals surface area contributed by atoms with E-state index in [9.17, 15) is 0 Å². The Kier molecular flexibility index (Phi) is 11.5. The Bertz CT molecular complexity index is 679. The Morgan fingerprint density at radius 2 is 2.04 bits per heavy atom. The topological polar surface area (TPSA) is 49.8 Å². The minimum absolute atomic E-state index is 0. The van der Waals surface area contributed by atoms with E-state index in [1.54, 1.807) is 6.20 Å². The van der Waals surface area contributed by atoms with Gasteiger partial charge in [-0.05, 0) is 43.2 Å². The van der Waals surface area contributed by atoms with Crippen LogP contribution < -0.4 is 10.1 Å². The molecule has 0 fully saturated rings. The average molecular weight is 482 g/mol. The number of aliphatic imine (C=N–C) groups is 1. The third-order valence-corrected chi connectivity index (χ3v) is 3.97. The number of ether oxygens (including phenoxy) is 1. The van der Waals surface area contributed by atoms with E-state index in [0.29, 0.717) is 13.2 Å². The Hall–Kier alpha value is -1.83. The van der Waals surface area contributed by atoms with Gasteiger partial charge in [0.2, 0.25) is 0 Å². The van der Waals surface area contributed by atoms with E-state index in [-0.39, 0.29) is 24.0 Å². The lowest BCUT2D eigenvalue weighted by molar-refractivity contribution is 0.301. The second kappa shape index (κ2) is 13.4. The predicted octanol–water partition coefficient (Wildman–Crippen LogP) is 4.48. The molecule has 2 rings (SSSR count). The highest BCUT2D eigenvalue weighted by Crippen LogP contribution is 2.15. The number of rotatable bonds is 9. The van der Waals surface area contributed by atoms with E-state index in [2.05, 4.69) is 42.2 Å². The van der Waals surface area contributed by atoms with Crippen molar-refractivity contribution in [2.75, 3.05) is 20.1 Å². The van der Waals surface area contributed by atoms with Crippen LogP contribution in [0.3, 0.4) is 0 Å². The van der Waals surface area contributed by atoms with Crippen molar-refractivity contribution in [3.8, 4) is 5.75 Å². The molecule has 0 saturated carbocycles. The van der Waals surface area contributed by atoms with Gasteiger partial charge < -0.3 is 15.0 Å². The molecule has 148 valence electrons. The standard InChI is InChI=1S/C21H30N4O.HI/c1-4-6-14-25(3)21(22-5-2)24-16-18-10-9-12-20(15-18)26-17-19-11-7-8-13-23-19;/h7-13,15H,4-6,14,16-17H2,1-3H3,(H,22,24);1H. The summed E-state index contributed by atoms with van der Waals surface area (Å²) in [5.41, 5.74) is 2.05. The molecule has 0 radical (unpaired) electrons. The molecule has 6 heteroatoms. The fourth-order valence-electron chi connectivity index (χ4n) is 2.51. The summed E-state index contributed by atoms with van der Waals surface area (Å²) < 4.78 is 5.85. The minimum atomic E-state index is 0. The van der Waals surface area contributed by atoms with Gasteiger partial charge in [0, 0.05) is 26.3 Å². The van der Waals surface area contributed by atoms with Crippen LogP contribution in [0.25, 0.3) is 0 Å². The molecular weight excluding hydrogens is 451 g/mol. The van der Waals surface area contributed by atoms with Gasteiger partial charge in [-0.2, -0.15) is 0 Å². The van der Waals surface area contributed by atoms with Crippen molar-refractivity contribution in [2.24, 2.45) is 4.99 Å². The van der Waals surface area contributed by atoms with Crippen LogP contribution in [0.15, 0.2) is 53.7 Å². The summed E-state index contributed by atoms with van der Waals surface area (Å²) in [4.78, 5) is 11.2. The lowest BCUT2D eigenvalue weighted by Crippen LogP contribution is -2.39. The Morgan fingerprint density at radius 3 is 2.74 bits per heavy atom. The van der Waals surface area contributed by atoms with Crippen molar-refractivity contribution in [1.82, 2.24) is 15.2 Å². The number of guanidine groups is 1. The quantitative estimate of drug-likeness (QED) is 0.326. The Balaban J connectivity index is 0.00000364. The van der Waals surface area contributed by atoms with Crippen molar-refractivity contribution in [3.63, 3.8) is 0 Å². The molecule has 1 heterocycles. The van der Waals surface area contributed by atoms with Crippen LogP contribution in [-0.2, 0) is 13.2 Å². The van der Waals surface area contributed by atoms with Gasteiger partial charge in [0.05, 0.1) is 12.2 Å². The molecular formula is C21H31IN4O. The number of nitrogens with zero attached hydrogens (tertiary/aromatic N) is 3. The van der Waals surface area contributed by atoms with Crippen LogP contribution in [0.2, 0.25) is 0 Å². The first kappa shape index (κ1) is 23.2. The molecule has 1 aromatic heterocycles. The molecule has 1 N–H and O–H groups in total. The zero-order valence-electron chi connectivity index (χ0n) is 16.5. The van der Waals surface area contributed by atoms with Gasteiger partial charge in [-0.3, -0.25) is 4.98 Å². The molecule has 0 atom stereocenters. The molecule has 27 heavy (non-hydrogen) atoms. The number of halogens is 1. The summed E-state index contributed by atoms with van der Waals surface area (Å²) in [6.07, 6.45) is 4.12. The van der Waals surface area contributed by atoms with Crippen LogP contribution >= 0.6 is 24.0 Å². The number of hydrogen-bond acceptors (Lipinski definition) is 3. The first-order chi connectivity index (χ1) is 12.7. The Morgan fingerprint density at radius 1 is 1.19 bits per heavy atom. The highest BCUT2D eigenvalue weighted by Gasteiger charge is 2.05. The van der Waals surface area contributed by atoms with Crippen LogP contribution in [0.5, 0.6) is 5.75 Å². The summed E-state index contributed by atoms with van der Waals surface area (Å²) in [6, 6.07) is 13.9. The maximum atomic E-state index is 5.85. The first-order valence-corrected chi connectivity index (χ1v) is 9.34. The van der Waals surface area contributed by atoms with Gasteiger partial charge in [-0.1, -0.05) is 31.5 Å². The number of benzene rings is 1. The summed E-state index contributed by atoms with van der Waals surface area (Å²) >= 11 is 0. The van der Waals surface area contributed by atoms with Crippen LogP contribution in [0.1, 0.15) is 37.9 Å². The minimum Gasteiger partial charge on any atom is -0.487 e. The monoisotopic (exact) mass is 482 g/mol. The fourth-order valence-corrected chi connectivity index (χ4v) is 2.51. The highest BCUT2D eigenvalue weighted by atomic mass is 127. The van der Waals surface area contributed by atoms with E-state index in [1.165, 1.54) is 6.42 Å². The van der Waals surface area contributed by atoms with Gasteiger partial charge in [0.1, 0.15) is 12.4 Å². The summed E-state index contributed by atoms with van der Waals surface area (Å²) in [5, 5.41) is 3.36. The predicted molar refractivity (Wildman–Crippen MR) is 123 cm³/mol. The zero-order chi connectivity index (χ0) is 18.6. The molecule has 0 saturated heterocycles. The molecule has 0 unspecified atom stereocenters. The van der Waals surface area contributed by atoms with Gasteiger partial charge in [-0.25, -0.2) is 4.99 Å². The smallest absolute Gasteiger partial charge is 0.193 e. The summed E-state index contributed by atoms with van der Waals surface area (Å²) in [6.45, 7) is 7.26. The lowest BCUT2D eigenvalue weighted by Gasteiger charge is -2.21. The SMILES string of the molecule is CCCCN(C)C(=NCc1cccc(OCc2ccccn2)c1)NCC.I. The van der Waals surface area contributed by atoms with E-state index < -0.39 is 0 Å². The third kappa shape index (κ3) is 8.60. The molecule has 0 aliphatic carbocycles. The zero-order valence-corrected chi connectivity index (χ0v) is 18.8. The molecule has 1 aromatic carbocycles. The van der Waals surface area contributed by atoms with Crippen molar-refractivity contribution in [3.05, 3.63) is 59.9 Å². The summed E-state index contributed by atoms with van der Waals surface area (Å²) in [5.74, 6) is 1.79. The van der Waals surface area contributed by atoms with E-state index in [1.807, 2.05) is 36.4 Å². The van der Waals surface area contributed by atoms with E-state index in [0.717, 1.165) is 42.5 Å².